The maximum atomic E-state index is 13.1. The number of ether oxygens (including phenoxy) is 1. The zero-order valence-electron chi connectivity index (χ0n) is 14.1. The van der Waals surface area contributed by atoms with Gasteiger partial charge in [0.1, 0.15) is 6.23 Å². The first-order chi connectivity index (χ1) is 12.0. The molecule has 3 aliphatic rings. The summed E-state index contributed by atoms with van der Waals surface area (Å²) in [5, 5.41) is 0. The summed E-state index contributed by atoms with van der Waals surface area (Å²) >= 11 is 0. The van der Waals surface area contributed by atoms with Crippen LogP contribution in [0.3, 0.4) is 0 Å². The molecule has 3 fully saturated rings. The van der Waals surface area contributed by atoms with E-state index in [1.807, 2.05) is 25.1 Å². The molecule has 2 heterocycles. The molecule has 4 atom stereocenters. The third-order valence-electron chi connectivity index (χ3n) is 6.32. The van der Waals surface area contributed by atoms with Crippen LogP contribution in [0, 0.1) is 18.8 Å². The molecule has 2 bridgehead atoms. The molecule has 130 valence electrons. The van der Waals surface area contributed by atoms with Gasteiger partial charge in [-0.25, -0.2) is 8.42 Å². The van der Waals surface area contributed by atoms with Gasteiger partial charge in [0.25, 0.3) is 0 Å². The summed E-state index contributed by atoms with van der Waals surface area (Å²) < 4.78 is 33.8. The number of rotatable bonds is 3. The number of fused-ring (bicyclic) bond motifs is 2. The Morgan fingerprint density at radius 3 is 2.48 bits per heavy atom. The minimum Gasteiger partial charge on any atom is -0.362 e. The number of hydrogen-bond donors (Lipinski definition) is 0. The van der Waals surface area contributed by atoms with Crippen molar-refractivity contribution < 1.29 is 13.2 Å². The minimum atomic E-state index is -3.52. The van der Waals surface area contributed by atoms with Crippen molar-refractivity contribution in [2.75, 3.05) is 13.2 Å². The van der Waals surface area contributed by atoms with Gasteiger partial charge in [0, 0.05) is 12.0 Å². The highest BCUT2D eigenvalue weighted by atomic mass is 32.2. The van der Waals surface area contributed by atoms with Crippen molar-refractivity contribution in [3.63, 3.8) is 0 Å². The molecule has 0 amide bonds. The summed E-state index contributed by atoms with van der Waals surface area (Å²) in [6.45, 7) is 3.17. The van der Waals surface area contributed by atoms with Gasteiger partial charge in [-0.15, -0.1) is 0 Å². The van der Waals surface area contributed by atoms with Crippen LogP contribution >= 0.6 is 0 Å². The van der Waals surface area contributed by atoms with Crippen LogP contribution in [-0.4, -0.2) is 32.1 Å². The molecule has 0 aromatic heterocycles. The number of benzene rings is 2. The number of aryl methyl sites for hydroxylation is 1. The SMILES string of the molecule is Cc1ccc(S(=O)(=O)N2CC3C4COC2CC43c2ccccc2)cc1. The summed E-state index contributed by atoms with van der Waals surface area (Å²) in [4.78, 5) is 0.359. The summed E-state index contributed by atoms with van der Waals surface area (Å²) in [6.07, 6.45) is 0.402. The van der Waals surface area contributed by atoms with E-state index < -0.39 is 10.0 Å². The average molecular weight is 355 g/mol. The lowest BCUT2D eigenvalue weighted by Crippen LogP contribution is -2.49. The Balaban J connectivity index is 1.49. The Morgan fingerprint density at radius 1 is 1.04 bits per heavy atom. The maximum absolute atomic E-state index is 13.1. The monoisotopic (exact) mass is 355 g/mol. The van der Waals surface area contributed by atoms with Gasteiger partial charge in [0.2, 0.25) is 10.0 Å². The van der Waals surface area contributed by atoms with Crippen LogP contribution in [0.25, 0.3) is 0 Å². The topological polar surface area (TPSA) is 46.6 Å². The van der Waals surface area contributed by atoms with Crippen LogP contribution in [-0.2, 0) is 20.2 Å². The molecule has 1 saturated carbocycles. The van der Waals surface area contributed by atoms with Crippen molar-refractivity contribution in [2.24, 2.45) is 11.8 Å². The van der Waals surface area contributed by atoms with Gasteiger partial charge in [0.05, 0.1) is 11.5 Å². The van der Waals surface area contributed by atoms with Crippen LogP contribution in [0.15, 0.2) is 59.5 Å². The lowest BCUT2D eigenvalue weighted by molar-refractivity contribution is -0.0608. The molecule has 4 nitrogen and oxygen atoms in total. The first-order valence-electron chi connectivity index (χ1n) is 8.79. The van der Waals surface area contributed by atoms with Gasteiger partial charge in [-0.1, -0.05) is 48.0 Å². The summed E-state index contributed by atoms with van der Waals surface area (Å²) in [5.41, 5.74) is 2.51. The molecular weight excluding hydrogens is 334 g/mol. The fraction of sp³-hybridized carbons (Fsp3) is 0.400. The lowest BCUT2D eigenvalue weighted by atomic mass is 9.85. The zero-order valence-corrected chi connectivity index (χ0v) is 14.9. The Bertz CT molecular complexity index is 910. The molecule has 1 aliphatic carbocycles. The van der Waals surface area contributed by atoms with E-state index in [-0.39, 0.29) is 11.6 Å². The molecule has 2 aromatic rings. The molecule has 0 N–H and O–H groups in total. The van der Waals surface area contributed by atoms with Crippen LogP contribution in [0.4, 0.5) is 0 Å². The van der Waals surface area contributed by atoms with Crippen LogP contribution in [0.2, 0.25) is 0 Å². The molecule has 2 aromatic carbocycles. The van der Waals surface area contributed by atoms with Crippen molar-refractivity contribution in [1.29, 1.82) is 0 Å². The minimum absolute atomic E-state index is 0.115. The second-order valence-corrected chi connectivity index (χ2v) is 9.39. The first-order valence-corrected chi connectivity index (χ1v) is 10.2. The van der Waals surface area contributed by atoms with Gasteiger partial charge in [-0.3, -0.25) is 0 Å². The molecule has 0 radical (unpaired) electrons. The third kappa shape index (κ3) is 2.09. The number of nitrogens with zero attached hydrogens (tertiary/aromatic N) is 1. The van der Waals surface area contributed by atoms with Gasteiger partial charge in [0.15, 0.2) is 0 Å². The smallest absolute Gasteiger partial charge is 0.245 e. The van der Waals surface area contributed by atoms with Gasteiger partial charge in [-0.2, -0.15) is 4.31 Å². The normalized spacial score (nSPS) is 33.9. The van der Waals surface area contributed by atoms with Gasteiger partial charge < -0.3 is 4.74 Å². The van der Waals surface area contributed by atoms with E-state index in [1.165, 1.54) is 5.56 Å². The second kappa shape index (κ2) is 5.16. The van der Waals surface area contributed by atoms with Gasteiger partial charge >= 0.3 is 0 Å². The highest BCUT2D eigenvalue weighted by molar-refractivity contribution is 7.89. The maximum Gasteiger partial charge on any atom is 0.245 e. The van der Waals surface area contributed by atoms with Crippen molar-refractivity contribution in [3.8, 4) is 0 Å². The van der Waals surface area contributed by atoms with E-state index in [2.05, 4.69) is 24.3 Å². The molecular formula is C20H21NO3S. The highest BCUT2D eigenvalue weighted by Gasteiger charge is 2.72. The van der Waals surface area contributed by atoms with E-state index in [4.69, 9.17) is 4.74 Å². The van der Waals surface area contributed by atoms with Crippen LogP contribution < -0.4 is 0 Å². The molecule has 25 heavy (non-hydrogen) atoms. The quantitative estimate of drug-likeness (QED) is 0.850. The summed E-state index contributed by atoms with van der Waals surface area (Å²) in [7, 11) is -3.52. The molecule has 4 unspecified atom stereocenters. The molecule has 0 spiro atoms. The zero-order chi connectivity index (χ0) is 17.2. The standard InChI is InChI=1S/C20H21NO3S/c1-14-7-9-16(10-8-14)25(22,23)21-12-17-18-13-24-19(21)11-20(17,18)15-5-3-2-4-6-15/h2-10,17-19H,11-13H2,1H3. The molecule has 2 saturated heterocycles. The molecule has 5 heteroatoms. The largest absolute Gasteiger partial charge is 0.362 e. The average Bonchev–Trinajstić information content (AvgIpc) is 3.35. The Labute approximate surface area is 148 Å². The van der Waals surface area contributed by atoms with Crippen molar-refractivity contribution in [3.05, 3.63) is 65.7 Å². The third-order valence-corrected chi connectivity index (χ3v) is 8.19. The van der Waals surface area contributed by atoms with E-state index in [9.17, 15) is 8.42 Å². The van der Waals surface area contributed by atoms with E-state index in [1.54, 1.807) is 16.4 Å². The van der Waals surface area contributed by atoms with Crippen LogP contribution in [0.5, 0.6) is 0 Å². The molecule has 5 rings (SSSR count). The predicted octanol–water partition coefficient (Wildman–Crippen LogP) is 2.93. The fourth-order valence-corrected chi connectivity index (χ4v) is 6.47. The lowest BCUT2D eigenvalue weighted by Gasteiger charge is -2.39. The van der Waals surface area contributed by atoms with Gasteiger partial charge in [-0.05, 0) is 42.9 Å². The fourth-order valence-electron chi connectivity index (χ4n) is 4.91. The predicted molar refractivity (Wildman–Crippen MR) is 94.5 cm³/mol. The van der Waals surface area contributed by atoms with E-state index in [0.717, 1.165) is 12.0 Å². The molecule has 2 aliphatic heterocycles. The number of sulfonamides is 1. The van der Waals surface area contributed by atoms with Crippen LogP contribution in [0.1, 0.15) is 17.5 Å². The Hall–Kier alpha value is -1.69. The van der Waals surface area contributed by atoms with Crippen molar-refractivity contribution in [2.45, 2.75) is 29.9 Å². The summed E-state index contributed by atoms with van der Waals surface area (Å²) in [6, 6.07) is 17.6. The van der Waals surface area contributed by atoms with E-state index >= 15 is 0 Å². The van der Waals surface area contributed by atoms with E-state index in [0.29, 0.717) is 29.9 Å². The number of piperidine rings is 1. The number of hydrogen-bond acceptors (Lipinski definition) is 3. The highest BCUT2D eigenvalue weighted by Crippen LogP contribution is 2.68. The Kier molecular flexibility index (Phi) is 3.21. The summed E-state index contributed by atoms with van der Waals surface area (Å²) in [5.74, 6) is 0.790. The second-order valence-electron chi connectivity index (χ2n) is 7.50. The van der Waals surface area contributed by atoms with Crippen molar-refractivity contribution in [1.82, 2.24) is 4.31 Å². The van der Waals surface area contributed by atoms with Crippen molar-refractivity contribution >= 4 is 10.0 Å². The first kappa shape index (κ1) is 15.6. The Morgan fingerprint density at radius 2 is 1.76 bits per heavy atom.